The molecule has 0 aliphatic heterocycles. The van der Waals surface area contributed by atoms with Crippen LogP contribution in [0.15, 0.2) is 39.6 Å². The van der Waals surface area contributed by atoms with Crippen molar-refractivity contribution in [1.82, 2.24) is 9.55 Å². The van der Waals surface area contributed by atoms with Gasteiger partial charge in [-0.2, -0.15) is 0 Å². The molecule has 32 heavy (non-hydrogen) atoms. The van der Waals surface area contributed by atoms with Crippen LogP contribution in [0.1, 0.15) is 52.6 Å². The summed E-state index contributed by atoms with van der Waals surface area (Å²) < 4.78 is 13.1. The number of hydrogen-bond acceptors (Lipinski definition) is 5. The number of ether oxygens (including phenoxy) is 1. The molecule has 1 N–H and O–H groups in total. The van der Waals surface area contributed by atoms with Crippen LogP contribution in [-0.2, 0) is 14.0 Å². The number of nitrogens with one attached hydrogen (secondary N) is 1. The Morgan fingerprint density at radius 2 is 2.00 bits per heavy atom. The van der Waals surface area contributed by atoms with E-state index in [0.29, 0.717) is 31.1 Å². The van der Waals surface area contributed by atoms with Crippen LogP contribution < -0.4 is 11.2 Å². The highest BCUT2D eigenvalue weighted by Crippen LogP contribution is 2.45. The summed E-state index contributed by atoms with van der Waals surface area (Å²) in [4.78, 5) is 38.4. The fourth-order valence-electron chi connectivity index (χ4n) is 3.78. The van der Waals surface area contributed by atoms with E-state index in [1.807, 2.05) is 6.08 Å². The van der Waals surface area contributed by atoms with Crippen LogP contribution in [0, 0.1) is 18.8 Å². The Bertz CT molecular complexity index is 1000. The Balaban J connectivity index is 2.32. The molecule has 0 radical (unpaired) electrons. The summed E-state index contributed by atoms with van der Waals surface area (Å²) >= 11 is 0. The number of hydrogen-bond donors (Lipinski definition) is 1. The lowest BCUT2D eigenvalue weighted by Gasteiger charge is -2.43. The maximum atomic E-state index is 12.4. The Morgan fingerprint density at radius 3 is 2.59 bits per heavy atom. The Labute approximate surface area is 191 Å². The van der Waals surface area contributed by atoms with Gasteiger partial charge in [0.05, 0.1) is 12.6 Å². The predicted molar refractivity (Wildman–Crippen MR) is 129 cm³/mol. The van der Waals surface area contributed by atoms with E-state index in [-0.39, 0.29) is 22.6 Å². The van der Waals surface area contributed by atoms with E-state index in [2.05, 4.69) is 45.8 Å². The molecule has 178 valence electrons. The van der Waals surface area contributed by atoms with Gasteiger partial charge >= 0.3 is 11.7 Å². The number of nitrogens with zero attached hydrogens (tertiary/aromatic N) is 1. The summed E-state index contributed by atoms with van der Waals surface area (Å²) in [6.45, 7) is 17.7. The van der Waals surface area contributed by atoms with E-state index < -0.39 is 20.0 Å². The molecule has 1 heterocycles. The molecule has 1 aromatic rings. The lowest BCUT2D eigenvalue weighted by molar-refractivity contribution is -0.137. The topological polar surface area (TPSA) is 90.4 Å². The largest absolute Gasteiger partial charge is 0.463 e. The third-order valence-electron chi connectivity index (χ3n) is 7.22. The first-order valence-corrected chi connectivity index (χ1v) is 14.2. The van der Waals surface area contributed by atoms with Gasteiger partial charge in [0.25, 0.3) is 5.56 Å². The van der Waals surface area contributed by atoms with Crippen LogP contribution in [0.3, 0.4) is 0 Å². The van der Waals surface area contributed by atoms with Gasteiger partial charge in [-0.3, -0.25) is 14.3 Å². The van der Waals surface area contributed by atoms with Crippen molar-refractivity contribution < 1.29 is 14.0 Å². The highest BCUT2D eigenvalue weighted by atomic mass is 28.4. The van der Waals surface area contributed by atoms with Crippen molar-refractivity contribution in [2.45, 2.75) is 72.1 Å². The second kappa shape index (κ2) is 10.2. The maximum Gasteiger partial charge on any atom is 0.330 e. The number of rotatable bonds is 9. The molecule has 0 spiro atoms. The number of esters is 1. The van der Waals surface area contributed by atoms with Crippen molar-refractivity contribution in [2.24, 2.45) is 11.8 Å². The Morgan fingerprint density at radius 1 is 1.34 bits per heavy atom. The average Bonchev–Trinajstić information content (AvgIpc) is 3.10. The van der Waals surface area contributed by atoms with Crippen molar-refractivity contribution in [3.8, 4) is 0 Å². The van der Waals surface area contributed by atoms with Crippen LogP contribution in [0.2, 0.25) is 18.1 Å². The van der Waals surface area contributed by atoms with Gasteiger partial charge in [-0.25, -0.2) is 9.59 Å². The molecule has 0 bridgehead atoms. The average molecular weight is 463 g/mol. The molecule has 1 aliphatic rings. The van der Waals surface area contributed by atoms with Crippen molar-refractivity contribution in [3.63, 3.8) is 0 Å². The van der Waals surface area contributed by atoms with Crippen molar-refractivity contribution in [1.29, 1.82) is 0 Å². The number of carbonyl (C=O) groups is 1. The molecule has 7 nitrogen and oxygen atoms in total. The molecule has 1 aromatic heterocycles. The van der Waals surface area contributed by atoms with E-state index in [1.165, 1.54) is 6.08 Å². The van der Waals surface area contributed by atoms with E-state index in [1.54, 1.807) is 30.7 Å². The lowest BCUT2D eigenvalue weighted by Crippen LogP contribution is -2.46. The summed E-state index contributed by atoms with van der Waals surface area (Å²) in [5, 5.41) is 0.0859. The van der Waals surface area contributed by atoms with Crippen LogP contribution in [0.25, 0.3) is 0 Å². The molecule has 8 heteroatoms. The van der Waals surface area contributed by atoms with Gasteiger partial charge in [-0.05, 0) is 49.9 Å². The van der Waals surface area contributed by atoms with Gasteiger partial charge in [-0.15, -0.1) is 0 Å². The van der Waals surface area contributed by atoms with Crippen molar-refractivity contribution >= 4 is 14.3 Å². The number of aromatic nitrogens is 2. The molecule has 0 amide bonds. The molecular formula is C24H38N2O5Si. The van der Waals surface area contributed by atoms with E-state index in [0.717, 1.165) is 5.57 Å². The lowest BCUT2D eigenvalue weighted by atomic mass is 9.99. The molecule has 1 aliphatic carbocycles. The first-order chi connectivity index (χ1) is 14.8. The van der Waals surface area contributed by atoms with Crippen molar-refractivity contribution in [3.05, 3.63) is 56.4 Å². The van der Waals surface area contributed by atoms with Gasteiger partial charge in [0.2, 0.25) is 0 Å². The fourth-order valence-corrected chi connectivity index (χ4v) is 6.16. The number of aromatic amines is 1. The Hall–Kier alpha value is -2.19. The molecule has 2 atom stereocenters. The minimum atomic E-state index is -2.04. The third-order valence-corrected chi connectivity index (χ3v) is 11.8. The van der Waals surface area contributed by atoms with Gasteiger partial charge in [0.1, 0.15) is 0 Å². The highest BCUT2D eigenvalue weighted by Gasteiger charge is 2.44. The van der Waals surface area contributed by atoms with Gasteiger partial charge in [0.15, 0.2) is 8.32 Å². The smallest absolute Gasteiger partial charge is 0.330 e. The van der Waals surface area contributed by atoms with Gasteiger partial charge in [0, 0.05) is 30.4 Å². The summed E-state index contributed by atoms with van der Waals surface area (Å²) in [6.07, 6.45) is 7.41. The predicted octanol–water partition coefficient (Wildman–Crippen LogP) is 4.11. The molecule has 0 unspecified atom stereocenters. The second-order valence-electron chi connectivity index (χ2n) is 9.93. The standard InChI is InChI=1S/C24H38N2O5Si/c1-9-30-21(27)11-10-18-12-20(26-14-17(4)22(28)25-23(26)29)13-19(18)15-31-32(7,8)24(5,6)16(2)3/h10-12,14,16,19-20H,9,13,15H2,1-8H3,(H,25,28,29)/b11-10+/t19-,20+/m1/s1. The number of carbonyl (C=O) groups excluding carboxylic acids is 1. The monoisotopic (exact) mass is 462 g/mol. The van der Waals surface area contributed by atoms with E-state index in [4.69, 9.17) is 9.16 Å². The molecular weight excluding hydrogens is 424 g/mol. The number of H-pyrrole nitrogens is 1. The van der Waals surface area contributed by atoms with E-state index in [9.17, 15) is 14.4 Å². The SMILES string of the molecule is CCOC(=O)/C=C/C1=C[C@H](n2cc(C)c(=O)[nH]c2=O)C[C@@H]1CO[Si](C)(C)C(C)(C)C(C)C. The summed E-state index contributed by atoms with van der Waals surface area (Å²) in [6, 6.07) is -0.226. The number of aryl methyl sites for hydroxylation is 1. The quantitative estimate of drug-likeness (QED) is 0.339. The van der Waals surface area contributed by atoms with Gasteiger partial charge in [-0.1, -0.05) is 39.8 Å². The molecule has 0 saturated heterocycles. The summed E-state index contributed by atoms with van der Waals surface area (Å²) in [5.74, 6) is 0.116. The van der Waals surface area contributed by atoms with Gasteiger partial charge < -0.3 is 9.16 Å². The second-order valence-corrected chi connectivity index (χ2v) is 14.5. The third kappa shape index (κ3) is 5.78. The van der Waals surface area contributed by atoms with Crippen LogP contribution >= 0.6 is 0 Å². The van der Waals surface area contributed by atoms with E-state index >= 15 is 0 Å². The number of allylic oxidation sites excluding steroid dienone is 2. The maximum absolute atomic E-state index is 12.4. The molecule has 0 saturated carbocycles. The molecule has 0 fully saturated rings. The van der Waals surface area contributed by atoms with Crippen LogP contribution in [0.5, 0.6) is 0 Å². The van der Waals surface area contributed by atoms with Crippen molar-refractivity contribution in [2.75, 3.05) is 13.2 Å². The molecule has 2 rings (SSSR count). The fraction of sp³-hybridized carbons (Fsp3) is 0.625. The zero-order chi connectivity index (χ0) is 24.3. The zero-order valence-corrected chi connectivity index (χ0v) is 21.7. The minimum absolute atomic E-state index is 0.0274. The molecule has 0 aromatic carbocycles. The minimum Gasteiger partial charge on any atom is -0.463 e. The van der Waals surface area contributed by atoms with Crippen LogP contribution in [0.4, 0.5) is 0 Å². The normalized spacial score (nSPS) is 19.6. The zero-order valence-electron chi connectivity index (χ0n) is 20.7. The Kier molecular flexibility index (Phi) is 8.28. The summed E-state index contributed by atoms with van der Waals surface area (Å²) in [7, 11) is -2.04. The first-order valence-electron chi connectivity index (χ1n) is 11.3. The summed E-state index contributed by atoms with van der Waals surface area (Å²) in [5.41, 5.74) is 0.603. The van der Waals surface area contributed by atoms with Crippen LogP contribution in [-0.4, -0.2) is 37.1 Å². The first kappa shape index (κ1) is 26.1. The highest BCUT2D eigenvalue weighted by molar-refractivity contribution is 6.74.